The van der Waals surface area contributed by atoms with Crippen LogP contribution >= 0.6 is 16.3 Å². The Balaban J connectivity index is 3.18. The average molecular weight is 427 g/mol. The summed E-state index contributed by atoms with van der Waals surface area (Å²) in [5, 5.41) is 0. The highest BCUT2D eigenvalue weighted by molar-refractivity contribution is 9.06. The topological polar surface area (TPSA) is 124 Å². The monoisotopic (exact) mass is 426 g/mol. The van der Waals surface area contributed by atoms with Gasteiger partial charge >= 0.3 is 23.9 Å². The number of carbonyl (C=O) groups is 4. The summed E-state index contributed by atoms with van der Waals surface area (Å²) < 4.78 is 30.8. The standard InChI is InChI=1S/C14H19BrO10/c1-6(16)20-5-10-11(21-7(2)17)12(22-8(3)18)13(23-9(4)19)14(24-10)25-15/h10-14H,5H2,1-4H3/t10-,11-,12+,13-,14+/m1/s1. The van der Waals surface area contributed by atoms with E-state index in [-0.39, 0.29) is 6.61 Å². The predicted molar refractivity (Wildman–Crippen MR) is 82.0 cm³/mol. The van der Waals surface area contributed by atoms with Crippen LogP contribution in [0.3, 0.4) is 0 Å². The lowest BCUT2D eigenvalue weighted by Gasteiger charge is -2.43. The van der Waals surface area contributed by atoms with E-state index in [1.54, 1.807) is 0 Å². The normalized spacial score (nSPS) is 28.6. The molecule has 11 heteroatoms. The fourth-order valence-corrected chi connectivity index (χ4v) is 2.56. The van der Waals surface area contributed by atoms with Gasteiger partial charge in [-0.3, -0.25) is 23.0 Å². The van der Waals surface area contributed by atoms with Gasteiger partial charge < -0.3 is 23.7 Å². The quantitative estimate of drug-likeness (QED) is 0.435. The summed E-state index contributed by atoms with van der Waals surface area (Å²) in [4.78, 5) is 45.3. The molecule has 0 N–H and O–H groups in total. The molecule has 1 heterocycles. The molecule has 0 aromatic rings. The number of esters is 4. The van der Waals surface area contributed by atoms with Crippen molar-refractivity contribution in [3.05, 3.63) is 0 Å². The highest BCUT2D eigenvalue weighted by Gasteiger charge is 2.52. The second kappa shape index (κ2) is 9.68. The number of hydrogen-bond donors (Lipinski definition) is 0. The molecule has 0 aromatic heterocycles. The summed E-state index contributed by atoms with van der Waals surface area (Å²) in [5.74, 6) is -2.69. The molecule has 0 aliphatic carbocycles. The zero-order valence-electron chi connectivity index (χ0n) is 14.1. The van der Waals surface area contributed by atoms with Crippen LogP contribution in [0.15, 0.2) is 0 Å². The molecule has 10 nitrogen and oxygen atoms in total. The second-order valence-electron chi connectivity index (χ2n) is 5.16. The Morgan fingerprint density at radius 3 is 1.72 bits per heavy atom. The molecule has 0 radical (unpaired) electrons. The second-order valence-corrected chi connectivity index (χ2v) is 5.53. The SMILES string of the molecule is CC(=O)OC[C@H]1O[C@@H](OBr)[C@H](OC(C)=O)[C@@H](OC(C)=O)[C@@H]1OC(C)=O. The predicted octanol–water partition coefficient (Wildman–Crippen LogP) is 0.396. The Kier molecular flexibility index (Phi) is 8.26. The van der Waals surface area contributed by atoms with Gasteiger partial charge in [0.25, 0.3) is 0 Å². The van der Waals surface area contributed by atoms with Gasteiger partial charge in [-0.1, -0.05) is 0 Å². The maximum Gasteiger partial charge on any atom is 0.303 e. The first-order valence-corrected chi connectivity index (χ1v) is 7.88. The molecule has 5 atom stereocenters. The van der Waals surface area contributed by atoms with E-state index in [0.29, 0.717) is 0 Å². The van der Waals surface area contributed by atoms with Gasteiger partial charge in [-0.2, -0.15) is 0 Å². The van der Waals surface area contributed by atoms with Gasteiger partial charge in [-0.15, -0.1) is 0 Å². The van der Waals surface area contributed by atoms with Gasteiger partial charge in [0.05, 0.1) is 0 Å². The average Bonchev–Trinajstić information content (AvgIpc) is 2.48. The van der Waals surface area contributed by atoms with Crippen LogP contribution in [0.5, 0.6) is 0 Å². The van der Waals surface area contributed by atoms with Crippen LogP contribution in [0, 0.1) is 0 Å². The molecule has 1 rings (SSSR count). The molecule has 1 aliphatic heterocycles. The molecule has 1 fully saturated rings. The molecule has 0 aromatic carbocycles. The van der Waals surface area contributed by atoms with E-state index >= 15 is 0 Å². The Morgan fingerprint density at radius 1 is 0.800 bits per heavy atom. The summed E-state index contributed by atoms with van der Waals surface area (Å²) in [5.41, 5.74) is 0. The van der Waals surface area contributed by atoms with Crippen LogP contribution < -0.4 is 0 Å². The van der Waals surface area contributed by atoms with E-state index in [4.69, 9.17) is 27.5 Å². The van der Waals surface area contributed by atoms with Crippen LogP contribution in [0.25, 0.3) is 0 Å². The van der Waals surface area contributed by atoms with Crippen molar-refractivity contribution in [2.45, 2.75) is 58.4 Å². The van der Waals surface area contributed by atoms with Crippen molar-refractivity contribution < 1.29 is 46.7 Å². The van der Waals surface area contributed by atoms with Crippen molar-refractivity contribution in [2.75, 3.05) is 6.61 Å². The van der Waals surface area contributed by atoms with Crippen molar-refractivity contribution in [1.29, 1.82) is 0 Å². The minimum absolute atomic E-state index is 0.301. The van der Waals surface area contributed by atoms with Gasteiger partial charge in [-0.05, 0) is 0 Å². The van der Waals surface area contributed by atoms with Crippen LogP contribution in [0.1, 0.15) is 27.7 Å². The van der Waals surface area contributed by atoms with Crippen LogP contribution in [-0.2, 0) is 46.7 Å². The molecule has 25 heavy (non-hydrogen) atoms. The maximum absolute atomic E-state index is 11.5. The third kappa shape index (κ3) is 6.59. The van der Waals surface area contributed by atoms with Crippen LogP contribution in [0.4, 0.5) is 0 Å². The van der Waals surface area contributed by atoms with Gasteiger partial charge in [0.15, 0.2) is 18.3 Å². The highest BCUT2D eigenvalue weighted by Crippen LogP contribution is 2.30. The van der Waals surface area contributed by atoms with E-state index in [9.17, 15) is 19.2 Å². The number of hydrogen-bond acceptors (Lipinski definition) is 10. The van der Waals surface area contributed by atoms with Gasteiger partial charge in [-0.25, -0.2) is 0 Å². The van der Waals surface area contributed by atoms with Crippen molar-refractivity contribution in [2.24, 2.45) is 0 Å². The number of carbonyl (C=O) groups excluding carboxylic acids is 4. The van der Waals surface area contributed by atoms with Gasteiger partial charge in [0.1, 0.15) is 29.0 Å². The zero-order chi connectivity index (χ0) is 19.1. The summed E-state index contributed by atoms with van der Waals surface area (Å²) in [6, 6.07) is 0. The third-order valence-corrected chi connectivity index (χ3v) is 3.40. The number of ether oxygens (including phenoxy) is 5. The molecule has 142 valence electrons. The number of halogens is 1. The lowest BCUT2D eigenvalue weighted by atomic mass is 9.98. The number of rotatable bonds is 6. The third-order valence-electron chi connectivity index (χ3n) is 3.04. The van der Waals surface area contributed by atoms with Crippen molar-refractivity contribution in [3.63, 3.8) is 0 Å². The van der Waals surface area contributed by atoms with Crippen LogP contribution in [0.2, 0.25) is 0 Å². The molecule has 0 unspecified atom stereocenters. The van der Waals surface area contributed by atoms with Crippen LogP contribution in [-0.4, -0.2) is 61.2 Å². The summed E-state index contributed by atoms with van der Waals surface area (Å²) in [6.45, 7) is 4.30. The zero-order valence-corrected chi connectivity index (χ0v) is 15.6. The van der Waals surface area contributed by atoms with Crippen molar-refractivity contribution >= 4 is 40.1 Å². The van der Waals surface area contributed by atoms with E-state index in [0.717, 1.165) is 20.8 Å². The van der Waals surface area contributed by atoms with E-state index in [2.05, 4.69) is 16.3 Å². The van der Waals surface area contributed by atoms with Crippen molar-refractivity contribution in [1.82, 2.24) is 0 Å². The molecule has 1 aliphatic rings. The molecule has 1 saturated heterocycles. The fourth-order valence-electron chi connectivity index (χ4n) is 2.26. The lowest BCUT2D eigenvalue weighted by molar-refractivity contribution is -0.284. The fraction of sp³-hybridized carbons (Fsp3) is 0.714. The summed E-state index contributed by atoms with van der Waals surface area (Å²) in [6.07, 6.45) is -5.88. The van der Waals surface area contributed by atoms with Gasteiger partial charge in [0, 0.05) is 27.7 Å². The lowest BCUT2D eigenvalue weighted by Crippen LogP contribution is -2.62. The molecular weight excluding hydrogens is 408 g/mol. The van der Waals surface area contributed by atoms with Gasteiger partial charge in [0.2, 0.25) is 6.29 Å². The molecule has 0 spiro atoms. The maximum atomic E-state index is 11.5. The summed E-state index contributed by atoms with van der Waals surface area (Å²) >= 11 is 2.74. The minimum Gasteiger partial charge on any atom is -0.463 e. The first-order valence-electron chi connectivity index (χ1n) is 7.23. The van der Waals surface area contributed by atoms with E-state index in [1.807, 2.05) is 0 Å². The largest absolute Gasteiger partial charge is 0.463 e. The van der Waals surface area contributed by atoms with E-state index < -0.39 is 54.6 Å². The van der Waals surface area contributed by atoms with Crippen molar-refractivity contribution in [3.8, 4) is 0 Å². The molecular formula is C14H19BrO10. The smallest absolute Gasteiger partial charge is 0.303 e. The Morgan fingerprint density at radius 2 is 1.28 bits per heavy atom. The first kappa shape index (κ1) is 21.3. The Labute approximate surface area is 152 Å². The molecule has 0 amide bonds. The molecule has 0 saturated carbocycles. The highest BCUT2D eigenvalue weighted by atomic mass is 79.9. The summed E-state index contributed by atoms with van der Waals surface area (Å²) in [7, 11) is 0. The molecule has 0 bridgehead atoms. The Hall–Kier alpha value is -1.72. The first-order chi connectivity index (χ1) is 11.6. The van der Waals surface area contributed by atoms with E-state index in [1.165, 1.54) is 6.92 Å². The Bertz CT molecular complexity index is 522. The minimum atomic E-state index is -1.23.